The zero-order valence-corrected chi connectivity index (χ0v) is 9.24. The van der Waals surface area contributed by atoms with Crippen molar-refractivity contribution in [1.29, 1.82) is 0 Å². The molecule has 1 rings (SSSR count). The molecule has 0 aromatic heterocycles. The molecule has 0 atom stereocenters. The lowest BCUT2D eigenvalue weighted by Crippen LogP contribution is -2.22. The summed E-state index contributed by atoms with van der Waals surface area (Å²) in [6.45, 7) is 0.0187. The molecule has 0 fully saturated rings. The number of rotatable bonds is 5. The summed E-state index contributed by atoms with van der Waals surface area (Å²) in [5.74, 6) is 1.07. The Balaban J connectivity index is 2.49. The van der Waals surface area contributed by atoms with Crippen molar-refractivity contribution in [2.24, 2.45) is 10.7 Å². The average Bonchev–Trinajstić information content (AvgIpc) is 2.30. The lowest BCUT2D eigenvalue weighted by Gasteiger charge is -2.06. The van der Waals surface area contributed by atoms with Gasteiger partial charge in [-0.05, 0) is 30.7 Å². The quantitative estimate of drug-likeness (QED) is 0.456. The minimum absolute atomic E-state index is 0.290. The number of alkyl halides is 1. The van der Waals surface area contributed by atoms with E-state index >= 15 is 0 Å². The van der Waals surface area contributed by atoms with E-state index in [1.54, 1.807) is 7.11 Å². The second-order valence-corrected chi connectivity index (χ2v) is 3.16. The summed E-state index contributed by atoms with van der Waals surface area (Å²) in [6.07, 6.45) is 0.394. The van der Waals surface area contributed by atoms with E-state index in [0.717, 1.165) is 11.4 Å². The number of halogens is 1. The van der Waals surface area contributed by atoms with Crippen LogP contribution in [0, 0.1) is 0 Å². The normalized spacial score (nSPS) is 11.2. The summed E-state index contributed by atoms with van der Waals surface area (Å²) >= 11 is 0. The molecule has 0 aliphatic heterocycles. The van der Waals surface area contributed by atoms with Crippen molar-refractivity contribution in [1.82, 2.24) is 0 Å². The monoisotopic (exact) mass is 225 g/mol. The van der Waals surface area contributed by atoms with Crippen LogP contribution in [0.3, 0.4) is 0 Å². The molecule has 5 heteroatoms. The number of nitrogens with two attached hydrogens (primary N) is 1. The molecule has 0 saturated heterocycles. The van der Waals surface area contributed by atoms with Gasteiger partial charge in [-0.3, -0.25) is 9.38 Å². The van der Waals surface area contributed by atoms with Gasteiger partial charge in [-0.2, -0.15) is 0 Å². The van der Waals surface area contributed by atoms with Crippen molar-refractivity contribution in [3.63, 3.8) is 0 Å². The van der Waals surface area contributed by atoms with Gasteiger partial charge in [0.2, 0.25) is 0 Å². The minimum Gasteiger partial charge on any atom is -0.497 e. The first-order valence-electron chi connectivity index (χ1n) is 5.03. The molecule has 3 N–H and O–H groups in total. The molecule has 0 heterocycles. The Hall–Kier alpha value is -1.78. The highest BCUT2D eigenvalue weighted by molar-refractivity contribution is 5.92. The van der Waals surface area contributed by atoms with Crippen LogP contribution in [-0.2, 0) is 0 Å². The van der Waals surface area contributed by atoms with E-state index in [4.69, 9.17) is 10.5 Å². The van der Waals surface area contributed by atoms with Crippen LogP contribution in [0.15, 0.2) is 29.3 Å². The number of methoxy groups -OCH3 is 1. The largest absolute Gasteiger partial charge is 0.497 e. The molecule has 1 aromatic rings. The molecule has 0 radical (unpaired) electrons. The van der Waals surface area contributed by atoms with Crippen LogP contribution < -0.4 is 15.8 Å². The van der Waals surface area contributed by atoms with Crippen LogP contribution in [0.5, 0.6) is 5.75 Å². The Morgan fingerprint density at radius 2 is 2.12 bits per heavy atom. The number of guanidine groups is 1. The van der Waals surface area contributed by atoms with E-state index < -0.39 is 0 Å². The highest BCUT2D eigenvalue weighted by Crippen LogP contribution is 2.14. The van der Waals surface area contributed by atoms with Gasteiger partial charge in [0, 0.05) is 12.2 Å². The van der Waals surface area contributed by atoms with Crippen LogP contribution in [0.4, 0.5) is 10.1 Å². The number of anilines is 1. The molecule has 1 aromatic carbocycles. The van der Waals surface area contributed by atoms with Crippen molar-refractivity contribution in [3.8, 4) is 5.75 Å². The predicted octanol–water partition coefficient (Wildman–Crippen LogP) is 1.78. The van der Waals surface area contributed by atoms with Gasteiger partial charge in [-0.25, -0.2) is 0 Å². The van der Waals surface area contributed by atoms with E-state index in [0.29, 0.717) is 18.9 Å². The van der Waals surface area contributed by atoms with Crippen molar-refractivity contribution in [2.45, 2.75) is 6.42 Å². The maximum Gasteiger partial charge on any atom is 0.193 e. The van der Waals surface area contributed by atoms with E-state index in [9.17, 15) is 4.39 Å². The third-order valence-corrected chi connectivity index (χ3v) is 1.94. The van der Waals surface area contributed by atoms with Gasteiger partial charge in [-0.1, -0.05) is 0 Å². The zero-order chi connectivity index (χ0) is 11.8. The maximum atomic E-state index is 11.8. The molecular weight excluding hydrogens is 209 g/mol. The fourth-order valence-corrected chi connectivity index (χ4v) is 1.12. The van der Waals surface area contributed by atoms with Crippen LogP contribution in [0.1, 0.15) is 6.42 Å². The summed E-state index contributed by atoms with van der Waals surface area (Å²) in [6, 6.07) is 7.29. The number of ether oxygens (including phenoxy) is 1. The van der Waals surface area contributed by atoms with Crippen molar-refractivity contribution >= 4 is 11.6 Å². The average molecular weight is 225 g/mol. The highest BCUT2D eigenvalue weighted by Gasteiger charge is 1.95. The molecule has 0 amide bonds. The summed E-state index contributed by atoms with van der Waals surface area (Å²) in [4.78, 5) is 3.96. The van der Waals surface area contributed by atoms with Crippen molar-refractivity contribution in [2.75, 3.05) is 25.6 Å². The Morgan fingerprint density at radius 1 is 1.44 bits per heavy atom. The minimum atomic E-state index is -0.376. The van der Waals surface area contributed by atoms with Crippen LogP contribution in [-0.4, -0.2) is 26.3 Å². The SMILES string of the molecule is COc1ccc(NC(N)=NCCCF)cc1. The number of nitrogens with one attached hydrogen (secondary N) is 1. The predicted molar refractivity (Wildman–Crippen MR) is 63.7 cm³/mol. The standard InChI is InChI=1S/C11H16FN3O/c1-16-10-5-3-9(4-6-10)15-11(13)14-8-2-7-12/h3-6H,2,7-8H2,1H3,(H3,13,14,15). The summed E-state index contributed by atoms with van der Waals surface area (Å²) in [7, 11) is 1.61. The zero-order valence-electron chi connectivity index (χ0n) is 9.24. The topological polar surface area (TPSA) is 59.6 Å². The Bertz CT molecular complexity index is 338. The molecule has 0 spiro atoms. The van der Waals surface area contributed by atoms with Crippen LogP contribution in [0.25, 0.3) is 0 Å². The molecule has 88 valence electrons. The second kappa shape index (κ2) is 6.66. The fraction of sp³-hybridized carbons (Fsp3) is 0.364. The summed E-state index contributed by atoms with van der Waals surface area (Å²) in [5, 5.41) is 2.90. The Labute approximate surface area is 94.3 Å². The molecule has 0 bridgehead atoms. The molecule has 4 nitrogen and oxygen atoms in total. The molecule has 0 saturated carbocycles. The van der Waals surface area contributed by atoms with Crippen molar-refractivity contribution in [3.05, 3.63) is 24.3 Å². The van der Waals surface area contributed by atoms with E-state index in [2.05, 4.69) is 10.3 Å². The number of benzene rings is 1. The van der Waals surface area contributed by atoms with Gasteiger partial charge in [-0.15, -0.1) is 0 Å². The van der Waals surface area contributed by atoms with Crippen LogP contribution in [0.2, 0.25) is 0 Å². The van der Waals surface area contributed by atoms with Crippen molar-refractivity contribution < 1.29 is 9.13 Å². The van der Waals surface area contributed by atoms with E-state index in [1.165, 1.54) is 0 Å². The number of aliphatic imine (C=N–C) groups is 1. The summed E-state index contributed by atoms with van der Waals surface area (Å²) in [5.41, 5.74) is 6.42. The Kier molecular flexibility index (Phi) is 5.11. The first kappa shape index (κ1) is 12.3. The van der Waals surface area contributed by atoms with Crippen LogP contribution >= 0.6 is 0 Å². The summed E-state index contributed by atoms with van der Waals surface area (Å²) < 4.78 is 16.8. The van der Waals surface area contributed by atoms with E-state index in [1.807, 2.05) is 24.3 Å². The number of hydrogen-bond acceptors (Lipinski definition) is 2. The fourth-order valence-electron chi connectivity index (χ4n) is 1.12. The van der Waals surface area contributed by atoms with Gasteiger partial charge < -0.3 is 15.8 Å². The van der Waals surface area contributed by atoms with Gasteiger partial charge in [0.25, 0.3) is 0 Å². The van der Waals surface area contributed by atoms with Gasteiger partial charge in [0.05, 0.1) is 13.8 Å². The third kappa shape index (κ3) is 4.16. The Morgan fingerprint density at radius 3 is 2.69 bits per heavy atom. The molecule has 0 aliphatic rings. The lowest BCUT2D eigenvalue weighted by molar-refractivity contribution is 0.415. The molecule has 0 aliphatic carbocycles. The maximum absolute atomic E-state index is 11.8. The van der Waals surface area contributed by atoms with E-state index in [-0.39, 0.29) is 6.67 Å². The highest BCUT2D eigenvalue weighted by atomic mass is 19.1. The number of nitrogens with zero attached hydrogens (tertiary/aromatic N) is 1. The molecule has 0 unspecified atom stereocenters. The van der Waals surface area contributed by atoms with Gasteiger partial charge >= 0.3 is 0 Å². The lowest BCUT2D eigenvalue weighted by atomic mass is 10.3. The third-order valence-electron chi connectivity index (χ3n) is 1.94. The van der Waals surface area contributed by atoms with Gasteiger partial charge in [0.1, 0.15) is 5.75 Å². The smallest absolute Gasteiger partial charge is 0.193 e. The first-order valence-corrected chi connectivity index (χ1v) is 5.03. The second-order valence-electron chi connectivity index (χ2n) is 3.16. The van der Waals surface area contributed by atoms with Gasteiger partial charge in [0.15, 0.2) is 5.96 Å². The number of hydrogen-bond donors (Lipinski definition) is 2. The first-order chi connectivity index (χ1) is 7.76. The molecular formula is C11H16FN3O. The molecule has 16 heavy (non-hydrogen) atoms.